The molecule has 0 spiro atoms. The molecule has 2 aliphatic carbocycles. The first-order valence-corrected chi connectivity index (χ1v) is 12.5. The summed E-state index contributed by atoms with van der Waals surface area (Å²) in [4.78, 5) is 21.9. The number of benzene rings is 1. The van der Waals surface area contributed by atoms with E-state index < -0.39 is 0 Å². The van der Waals surface area contributed by atoms with Gasteiger partial charge in [-0.25, -0.2) is 9.37 Å². The predicted octanol–water partition coefficient (Wildman–Crippen LogP) is 4.92. The van der Waals surface area contributed by atoms with Gasteiger partial charge in [-0.15, -0.1) is 0 Å². The Bertz CT molecular complexity index is 1350. The molecule has 0 aliphatic heterocycles. The summed E-state index contributed by atoms with van der Waals surface area (Å²) >= 11 is 0. The van der Waals surface area contributed by atoms with E-state index in [4.69, 9.17) is 0 Å². The molecule has 0 saturated heterocycles. The number of aromatic nitrogens is 2. The van der Waals surface area contributed by atoms with Crippen molar-refractivity contribution in [2.75, 3.05) is 23.4 Å². The van der Waals surface area contributed by atoms with Crippen molar-refractivity contribution >= 4 is 22.4 Å². The first-order chi connectivity index (χ1) is 16.9. The topological polar surface area (TPSA) is 65.2 Å². The molecule has 35 heavy (non-hydrogen) atoms. The van der Waals surface area contributed by atoms with Crippen LogP contribution in [0.5, 0.6) is 0 Å². The number of nitriles is 1. The van der Waals surface area contributed by atoms with E-state index in [0.29, 0.717) is 17.3 Å². The first kappa shape index (κ1) is 23.3. The molecule has 2 fully saturated rings. The summed E-state index contributed by atoms with van der Waals surface area (Å²) in [6.45, 7) is 3.04. The van der Waals surface area contributed by atoms with Crippen LogP contribution in [0.4, 0.5) is 15.8 Å². The summed E-state index contributed by atoms with van der Waals surface area (Å²) in [5.41, 5.74) is 4.62. The zero-order valence-corrected chi connectivity index (χ0v) is 20.7. The summed E-state index contributed by atoms with van der Waals surface area (Å²) < 4.78 is 15.4. The van der Waals surface area contributed by atoms with E-state index in [1.807, 2.05) is 20.0 Å². The van der Waals surface area contributed by atoms with Gasteiger partial charge in [0.15, 0.2) is 0 Å². The van der Waals surface area contributed by atoms with Crippen molar-refractivity contribution in [3.05, 3.63) is 63.8 Å². The van der Waals surface area contributed by atoms with E-state index >= 15 is 0 Å². The molecule has 0 N–H and O–H groups in total. The Morgan fingerprint density at radius 3 is 2.43 bits per heavy atom. The molecule has 3 aromatic rings. The second-order valence-electron chi connectivity index (χ2n) is 10.2. The summed E-state index contributed by atoms with van der Waals surface area (Å²) in [7, 11) is 3.77. The number of pyridine rings is 2. The van der Waals surface area contributed by atoms with Crippen molar-refractivity contribution in [1.82, 2.24) is 9.55 Å². The van der Waals surface area contributed by atoms with Crippen LogP contribution in [0.15, 0.2) is 41.2 Å². The monoisotopic (exact) mass is 473 g/mol. The van der Waals surface area contributed by atoms with Crippen LogP contribution in [-0.2, 0) is 7.05 Å². The van der Waals surface area contributed by atoms with Crippen LogP contribution in [0.2, 0.25) is 0 Å². The Kier molecular flexibility index (Phi) is 6.22. The van der Waals surface area contributed by atoms with Crippen molar-refractivity contribution in [1.29, 1.82) is 5.26 Å². The highest BCUT2D eigenvalue weighted by molar-refractivity contribution is 5.88. The molecule has 182 valence electrons. The van der Waals surface area contributed by atoms with Crippen molar-refractivity contribution < 1.29 is 4.39 Å². The number of hydrogen-bond donors (Lipinski definition) is 0. The lowest BCUT2D eigenvalue weighted by Crippen LogP contribution is -2.44. The fourth-order valence-corrected chi connectivity index (χ4v) is 5.56. The third-order valence-corrected chi connectivity index (χ3v) is 7.84. The summed E-state index contributed by atoms with van der Waals surface area (Å²) in [6.07, 6.45) is 6.63. The Hall–Kier alpha value is -3.40. The van der Waals surface area contributed by atoms with Gasteiger partial charge < -0.3 is 14.4 Å². The van der Waals surface area contributed by atoms with Gasteiger partial charge in [0.1, 0.15) is 23.1 Å². The van der Waals surface area contributed by atoms with Gasteiger partial charge in [0.05, 0.1) is 11.2 Å². The number of fused-ring (bicyclic) bond motifs is 1. The van der Waals surface area contributed by atoms with Gasteiger partial charge in [-0.2, -0.15) is 5.26 Å². The van der Waals surface area contributed by atoms with E-state index in [-0.39, 0.29) is 17.4 Å². The minimum Gasteiger partial charge on any atom is -0.370 e. The Balaban J connectivity index is 1.38. The van der Waals surface area contributed by atoms with Gasteiger partial charge in [0, 0.05) is 44.5 Å². The van der Waals surface area contributed by atoms with Crippen LogP contribution in [0.3, 0.4) is 0 Å². The molecule has 2 aliphatic rings. The fourth-order valence-electron chi connectivity index (χ4n) is 5.56. The zero-order chi connectivity index (χ0) is 24.7. The third-order valence-electron chi connectivity index (χ3n) is 7.84. The summed E-state index contributed by atoms with van der Waals surface area (Å²) in [5, 5.41) is 9.36. The van der Waals surface area contributed by atoms with E-state index in [0.717, 1.165) is 60.6 Å². The first-order valence-electron chi connectivity index (χ1n) is 12.5. The second-order valence-corrected chi connectivity index (χ2v) is 10.2. The highest BCUT2D eigenvalue weighted by Crippen LogP contribution is 2.38. The SMILES string of the molecule is Cc1cc(F)ccc1N(CC1CC1)[C@H]1CC[C@@H](N(C)c2cc(=O)n(C)c3ccc(C#N)nc23)CC1. The minimum atomic E-state index is -0.183. The number of hydrogen-bond acceptors (Lipinski definition) is 5. The van der Waals surface area contributed by atoms with Gasteiger partial charge in [-0.05, 0) is 87.3 Å². The van der Waals surface area contributed by atoms with Crippen LogP contribution >= 0.6 is 0 Å². The molecular formula is C28H32FN5O. The van der Waals surface area contributed by atoms with Gasteiger partial charge in [0.25, 0.3) is 5.56 Å². The maximum Gasteiger partial charge on any atom is 0.252 e. The van der Waals surface area contributed by atoms with Crippen molar-refractivity contribution in [3.8, 4) is 6.07 Å². The number of nitrogens with zero attached hydrogens (tertiary/aromatic N) is 5. The van der Waals surface area contributed by atoms with Crippen molar-refractivity contribution in [3.63, 3.8) is 0 Å². The van der Waals surface area contributed by atoms with E-state index in [2.05, 4.69) is 20.9 Å². The molecule has 1 aromatic carbocycles. The Morgan fingerprint density at radius 1 is 1.06 bits per heavy atom. The lowest BCUT2D eigenvalue weighted by Gasteiger charge is -2.42. The fraction of sp³-hybridized carbons (Fsp3) is 0.464. The van der Waals surface area contributed by atoms with Crippen LogP contribution in [0, 0.1) is 30.0 Å². The van der Waals surface area contributed by atoms with Gasteiger partial charge >= 0.3 is 0 Å². The van der Waals surface area contributed by atoms with Crippen LogP contribution in [0.25, 0.3) is 11.0 Å². The predicted molar refractivity (Wildman–Crippen MR) is 137 cm³/mol. The number of aryl methyl sites for hydroxylation is 2. The standard InChI is InChI=1S/C28H32FN5O/c1-18-14-20(29)6-12-24(18)34(17-19-4-5-19)23-10-8-22(9-11-23)32(2)26-15-27(35)33(3)25-13-7-21(16-30)31-28(25)26/h6-7,12-15,19,22-23H,4-5,8-11,17H2,1-3H3/t22-,23+. The molecule has 2 saturated carbocycles. The Morgan fingerprint density at radius 2 is 1.77 bits per heavy atom. The lowest BCUT2D eigenvalue weighted by molar-refractivity contribution is 0.365. The summed E-state index contributed by atoms with van der Waals surface area (Å²) in [5.74, 6) is 0.560. The second kappa shape index (κ2) is 9.33. The average Bonchev–Trinajstić information content (AvgIpc) is 3.69. The van der Waals surface area contributed by atoms with Crippen LogP contribution in [-0.4, -0.2) is 35.2 Å². The third kappa shape index (κ3) is 4.62. The molecule has 0 bridgehead atoms. The van der Waals surface area contributed by atoms with Crippen molar-refractivity contribution in [2.45, 2.75) is 57.5 Å². The summed E-state index contributed by atoms with van der Waals surface area (Å²) in [6, 6.07) is 13.1. The van der Waals surface area contributed by atoms with Crippen molar-refractivity contribution in [2.24, 2.45) is 13.0 Å². The normalized spacial score (nSPS) is 20.0. The molecule has 2 heterocycles. The molecule has 0 radical (unpaired) electrons. The van der Waals surface area contributed by atoms with E-state index in [1.165, 1.54) is 12.8 Å². The zero-order valence-electron chi connectivity index (χ0n) is 20.7. The average molecular weight is 474 g/mol. The molecule has 5 rings (SSSR count). The van der Waals surface area contributed by atoms with Crippen LogP contribution < -0.4 is 15.4 Å². The van der Waals surface area contributed by atoms with E-state index in [1.54, 1.807) is 41.9 Å². The molecule has 0 atom stereocenters. The number of rotatable bonds is 6. The van der Waals surface area contributed by atoms with Gasteiger partial charge in [0.2, 0.25) is 0 Å². The maximum atomic E-state index is 13.8. The van der Waals surface area contributed by atoms with Gasteiger partial charge in [-0.1, -0.05) is 0 Å². The number of halogens is 1. The molecule has 7 heteroatoms. The van der Waals surface area contributed by atoms with Crippen LogP contribution in [0.1, 0.15) is 49.8 Å². The van der Waals surface area contributed by atoms with Gasteiger partial charge in [-0.3, -0.25) is 4.79 Å². The Labute approximate surface area is 205 Å². The lowest BCUT2D eigenvalue weighted by atomic mass is 9.88. The highest BCUT2D eigenvalue weighted by atomic mass is 19.1. The molecule has 2 aromatic heterocycles. The smallest absolute Gasteiger partial charge is 0.252 e. The van der Waals surface area contributed by atoms with E-state index in [9.17, 15) is 14.4 Å². The highest BCUT2D eigenvalue weighted by Gasteiger charge is 2.33. The molecule has 0 amide bonds. The molecular weight excluding hydrogens is 441 g/mol. The maximum absolute atomic E-state index is 13.8. The largest absolute Gasteiger partial charge is 0.370 e. The quantitative estimate of drug-likeness (QED) is 0.509. The number of anilines is 2. The molecule has 0 unspecified atom stereocenters. The molecule has 6 nitrogen and oxygen atoms in total. The minimum absolute atomic E-state index is 0.0815.